The molecule has 2 unspecified atom stereocenters. The second kappa shape index (κ2) is 5.74. The average Bonchev–Trinajstić information content (AvgIpc) is 3.05. The highest BCUT2D eigenvalue weighted by Gasteiger charge is 2.31. The Labute approximate surface area is 124 Å². The summed E-state index contributed by atoms with van der Waals surface area (Å²) in [5.41, 5.74) is 4.00. The molecular formula is C16H20ClNO2. The second-order valence-electron chi connectivity index (χ2n) is 5.84. The van der Waals surface area contributed by atoms with Gasteiger partial charge in [-0.05, 0) is 55.3 Å². The molecule has 3 nitrogen and oxygen atoms in total. The third-order valence-electron chi connectivity index (χ3n) is 4.53. The number of aryl methyl sites for hydroxylation is 2. The molecule has 0 radical (unpaired) electrons. The van der Waals surface area contributed by atoms with Crippen molar-refractivity contribution in [3.8, 4) is 0 Å². The van der Waals surface area contributed by atoms with Crippen molar-refractivity contribution in [2.75, 3.05) is 13.1 Å². The quantitative estimate of drug-likeness (QED) is 0.868. The van der Waals surface area contributed by atoms with E-state index in [0.717, 1.165) is 31.4 Å². The Hall–Kier alpha value is -1.06. The van der Waals surface area contributed by atoms with Crippen LogP contribution in [0, 0.1) is 0 Å². The first-order chi connectivity index (χ1) is 9.65. The first kappa shape index (κ1) is 13.9. The Morgan fingerprint density at radius 2 is 2.15 bits per heavy atom. The predicted molar refractivity (Wildman–Crippen MR) is 79.3 cm³/mol. The standard InChI is InChI=1S/C16H20ClNO2/c17-14(10-18-8-2-5-15(18)16(19)20)13-7-6-11-3-1-4-12(11)9-13/h6-7,9,14-15H,1-5,8,10H2,(H,19,20). The molecule has 108 valence electrons. The molecule has 1 aliphatic carbocycles. The molecule has 0 saturated carbocycles. The number of carbonyl (C=O) groups is 1. The lowest BCUT2D eigenvalue weighted by Gasteiger charge is -2.24. The van der Waals surface area contributed by atoms with Crippen molar-refractivity contribution in [2.45, 2.75) is 43.5 Å². The van der Waals surface area contributed by atoms with Crippen molar-refractivity contribution >= 4 is 17.6 Å². The van der Waals surface area contributed by atoms with Gasteiger partial charge in [0.05, 0.1) is 5.38 Å². The predicted octanol–water partition coefficient (Wildman–Crippen LogP) is 3.00. The highest BCUT2D eigenvalue weighted by Crippen LogP contribution is 2.30. The Balaban J connectivity index is 1.70. The van der Waals surface area contributed by atoms with Gasteiger partial charge in [0.25, 0.3) is 0 Å². The zero-order valence-electron chi connectivity index (χ0n) is 11.5. The molecule has 1 aromatic carbocycles. The van der Waals surface area contributed by atoms with Crippen molar-refractivity contribution in [1.82, 2.24) is 4.90 Å². The molecule has 20 heavy (non-hydrogen) atoms. The summed E-state index contributed by atoms with van der Waals surface area (Å²) in [6, 6.07) is 6.15. The number of hydrogen-bond donors (Lipinski definition) is 1. The van der Waals surface area contributed by atoms with E-state index < -0.39 is 5.97 Å². The zero-order valence-corrected chi connectivity index (χ0v) is 12.3. The van der Waals surface area contributed by atoms with Crippen LogP contribution in [0.25, 0.3) is 0 Å². The molecule has 1 saturated heterocycles. The molecule has 2 atom stereocenters. The Bertz CT molecular complexity index is 517. The van der Waals surface area contributed by atoms with E-state index in [9.17, 15) is 9.90 Å². The number of benzene rings is 1. The second-order valence-corrected chi connectivity index (χ2v) is 6.37. The summed E-state index contributed by atoms with van der Waals surface area (Å²) in [4.78, 5) is 13.2. The maximum atomic E-state index is 11.2. The molecule has 1 aliphatic heterocycles. The molecule has 2 aliphatic rings. The molecule has 0 bridgehead atoms. The van der Waals surface area contributed by atoms with Crippen molar-refractivity contribution in [3.05, 3.63) is 34.9 Å². The van der Waals surface area contributed by atoms with Gasteiger partial charge >= 0.3 is 5.97 Å². The minimum Gasteiger partial charge on any atom is -0.480 e. The van der Waals surface area contributed by atoms with E-state index in [1.165, 1.54) is 24.0 Å². The van der Waals surface area contributed by atoms with Crippen LogP contribution >= 0.6 is 11.6 Å². The maximum absolute atomic E-state index is 11.2. The van der Waals surface area contributed by atoms with Crippen molar-refractivity contribution in [2.24, 2.45) is 0 Å². The van der Waals surface area contributed by atoms with Gasteiger partial charge in [-0.3, -0.25) is 9.69 Å². The van der Waals surface area contributed by atoms with Gasteiger partial charge in [0.2, 0.25) is 0 Å². The number of aliphatic carboxylic acids is 1. The van der Waals surface area contributed by atoms with E-state index in [0.29, 0.717) is 6.54 Å². The molecular weight excluding hydrogens is 274 g/mol. The fraction of sp³-hybridized carbons (Fsp3) is 0.562. The van der Waals surface area contributed by atoms with E-state index in [2.05, 4.69) is 18.2 Å². The summed E-state index contributed by atoms with van der Waals surface area (Å²) in [5, 5.41) is 9.08. The first-order valence-corrected chi connectivity index (χ1v) is 7.81. The smallest absolute Gasteiger partial charge is 0.320 e. The normalized spacial score (nSPS) is 23.8. The van der Waals surface area contributed by atoms with Gasteiger partial charge in [0.15, 0.2) is 0 Å². The zero-order chi connectivity index (χ0) is 14.1. The van der Waals surface area contributed by atoms with Crippen molar-refractivity contribution < 1.29 is 9.90 Å². The van der Waals surface area contributed by atoms with Gasteiger partial charge in [0.1, 0.15) is 6.04 Å². The number of nitrogens with zero attached hydrogens (tertiary/aromatic N) is 1. The van der Waals surface area contributed by atoms with E-state index in [1.54, 1.807) is 0 Å². The number of likely N-dealkylation sites (tertiary alicyclic amines) is 1. The van der Waals surface area contributed by atoms with Gasteiger partial charge in [-0.2, -0.15) is 0 Å². The van der Waals surface area contributed by atoms with Crippen LogP contribution in [0.4, 0.5) is 0 Å². The monoisotopic (exact) mass is 293 g/mol. The fourth-order valence-electron chi connectivity index (χ4n) is 3.42. The summed E-state index contributed by atoms with van der Waals surface area (Å²) in [7, 11) is 0. The van der Waals surface area contributed by atoms with Crippen molar-refractivity contribution in [1.29, 1.82) is 0 Å². The molecule has 1 heterocycles. The topological polar surface area (TPSA) is 40.5 Å². The highest BCUT2D eigenvalue weighted by molar-refractivity contribution is 6.21. The minimum atomic E-state index is -0.722. The molecule has 0 spiro atoms. The third-order valence-corrected chi connectivity index (χ3v) is 4.92. The average molecular weight is 294 g/mol. The third kappa shape index (κ3) is 2.70. The number of carboxylic acids is 1. The van der Waals surface area contributed by atoms with Crippen LogP contribution in [0.5, 0.6) is 0 Å². The summed E-state index contributed by atoms with van der Waals surface area (Å²) in [5.74, 6) is -0.722. The van der Waals surface area contributed by atoms with Crippen LogP contribution in [0.15, 0.2) is 18.2 Å². The maximum Gasteiger partial charge on any atom is 0.320 e. The number of hydrogen-bond acceptors (Lipinski definition) is 2. The molecule has 1 N–H and O–H groups in total. The number of fused-ring (bicyclic) bond motifs is 1. The lowest BCUT2D eigenvalue weighted by Crippen LogP contribution is -2.37. The molecule has 3 rings (SSSR count). The van der Waals surface area contributed by atoms with E-state index in [4.69, 9.17) is 11.6 Å². The highest BCUT2D eigenvalue weighted by atomic mass is 35.5. The first-order valence-electron chi connectivity index (χ1n) is 7.38. The number of carboxylic acid groups (broad SMARTS) is 1. The largest absolute Gasteiger partial charge is 0.480 e. The van der Waals surface area contributed by atoms with Crippen LogP contribution in [0.3, 0.4) is 0 Å². The Morgan fingerprint density at radius 3 is 2.95 bits per heavy atom. The number of alkyl halides is 1. The molecule has 0 amide bonds. The van der Waals surface area contributed by atoms with Crippen LogP contribution in [0.2, 0.25) is 0 Å². The number of halogens is 1. The SMILES string of the molecule is O=C(O)C1CCCN1CC(Cl)c1ccc2c(c1)CCC2. The van der Waals surface area contributed by atoms with Gasteiger partial charge in [-0.1, -0.05) is 18.2 Å². The summed E-state index contributed by atoms with van der Waals surface area (Å²) in [6.45, 7) is 1.46. The van der Waals surface area contributed by atoms with E-state index in [-0.39, 0.29) is 11.4 Å². The van der Waals surface area contributed by atoms with Gasteiger partial charge in [-0.25, -0.2) is 0 Å². The molecule has 4 heteroatoms. The molecule has 0 aromatic heterocycles. The van der Waals surface area contributed by atoms with E-state index in [1.807, 2.05) is 4.90 Å². The molecule has 1 fully saturated rings. The van der Waals surface area contributed by atoms with Gasteiger partial charge in [0, 0.05) is 6.54 Å². The van der Waals surface area contributed by atoms with Crippen molar-refractivity contribution in [3.63, 3.8) is 0 Å². The summed E-state index contributed by atoms with van der Waals surface area (Å²) in [6.07, 6.45) is 5.25. The summed E-state index contributed by atoms with van der Waals surface area (Å²) < 4.78 is 0. The van der Waals surface area contributed by atoms with Crippen LogP contribution < -0.4 is 0 Å². The van der Waals surface area contributed by atoms with Gasteiger partial charge < -0.3 is 5.11 Å². The molecule has 1 aromatic rings. The summed E-state index contributed by atoms with van der Waals surface area (Å²) >= 11 is 6.52. The Morgan fingerprint density at radius 1 is 1.35 bits per heavy atom. The van der Waals surface area contributed by atoms with Crippen LogP contribution in [0.1, 0.15) is 41.3 Å². The number of rotatable bonds is 4. The van der Waals surface area contributed by atoms with Crippen LogP contribution in [-0.4, -0.2) is 35.1 Å². The Kier molecular flexibility index (Phi) is 3.99. The fourth-order valence-corrected chi connectivity index (χ4v) is 3.74. The lowest BCUT2D eigenvalue weighted by molar-refractivity contribution is -0.142. The minimum absolute atomic E-state index is 0.124. The van der Waals surface area contributed by atoms with E-state index >= 15 is 0 Å². The van der Waals surface area contributed by atoms with Gasteiger partial charge in [-0.15, -0.1) is 11.6 Å². The van der Waals surface area contributed by atoms with Crippen LogP contribution in [-0.2, 0) is 17.6 Å². The lowest BCUT2D eigenvalue weighted by atomic mass is 10.0.